The van der Waals surface area contributed by atoms with Crippen molar-refractivity contribution in [2.24, 2.45) is 9.98 Å². The van der Waals surface area contributed by atoms with Gasteiger partial charge in [0.15, 0.2) is 0 Å². The lowest BCUT2D eigenvalue weighted by molar-refractivity contribution is 0.443. The summed E-state index contributed by atoms with van der Waals surface area (Å²) in [5.74, 6) is 0. The lowest BCUT2D eigenvalue weighted by Gasteiger charge is -2.20. The van der Waals surface area contributed by atoms with Gasteiger partial charge in [-0.3, -0.25) is 9.98 Å². The SMILES string of the molecule is C(=NC1CCCCC1)c1ccc(C(=NC2CCCCC2)c2ccccc2)cc1. The van der Waals surface area contributed by atoms with Crippen molar-refractivity contribution in [3.63, 3.8) is 0 Å². The van der Waals surface area contributed by atoms with Gasteiger partial charge in [-0.2, -0.15) is 0 Å². The second-order valence-corrected chi connectivity index (χ2v) is 8.33. The van der Waals surface area contributed by atoms with Gasteiger partial charge in [-0.15, -0.1) is 0 Å². The maximum absolute atomic E-state index is 5.21. The Morgan fingerprint density at radius 2 is 1.21 bits per heavy atom. The van der Waals surface area contributed by atoms with Gasteiger partial charge in [0, 0.05) is 23.4 Å². The minimum atomic E-state index is 0.469. The van der Waals surface area contributed by atoms with Gasteiger partial charge in [-0.1, -0.05) is 93.1 Å². The van der Waals surface area contributed by atoms with Gasteiger partial charge >= 0.3 is 0 Å². The summed E-state index contributed by atoms with van der Waals surface area (Å²) in [5.41, 5.74) is 4.77. The second-order valence-electron chi connectivity index (χ2n) is 8.33. The van der Waals surface area contributed by atoms with Crippen molar-refractivity contribution in [2.75, 3.05) is 0 Å². The molecule has 2 aliphatic rings. The molecule has 0 aromatic heterocycles. The summed E-state index contributed by atoms with van der Waals surface area (Å²) in [6, 6.07) is 20.5. The van der Waals surface area contributed by atoms with E-state index in [0.717, 1.165) is 5.71 Å². The lowest BCUT2D eigenvalue weighted by atomic mass is 9.94. The zero-order valence-corrected chi connectivity index (χ0v) is 16.9. The molecule has 0 unspecified atom stereocenters. The van der Waals surface area contributed by atoms with E-state index in [0.29, 0.717) is 12.1 Å². The van der Waals surface area contributed by atoms with Crippen LogP contribution in [0.5, 0.6) is 0 Å². The van der Waals surface area contributed by atoms with Crippen LogP contribution in [0.3, 0.4) is 0 Å². The molecule has 2 fully saturated rings. The molecule has 0 atom stereocenters. The molecule has 2 saturated carbocycles. The van der Waals surface area contributed by atoms with Crippen LogP contribution in [0.1, 0.15) is 80.9 Å². The van der Waals surface area contributed by atoms with Crippen LogP contribution in [0, 0.1) is 0 Å². The van der Waals surface area contributed by atoms with E-state index in [1.54, 1.807) is 0 Å². The Morgan fingerprint density at radius 3 is 1.86 bits per heavy atom. The molecule has 0 bridgehead atoms. The summed E-state index contributed by atoms with van der Waals surface area (Å²) in [6.07, 6.45) is 15.1. The molecule has 4 rings (SSSR count). The van der Waals surface area contributed by atoms with Crippen molar-refractivity contribution in [2.45, 2.75) is 76.3 Å². The molecule has 0 radical (unpaired) electrons. The topological polar surface area (TPSA) is 24.7 Å². The molecule has 28 heavy (non-hydrogen) atoms. The Hall–Kier alpha value is -2.22. The third-order valence-electron chi connectivity index (χ3n) is 6.13. The van der Waals surface area contributed by atoms with E-state index in [1.807, 2.05) is 0 Å². The normalized spacial score (nSPS) is 19.9. The van der Waals surface area contributed by atoms with Crippen molar-refractivity contribution >= 4 is 11.9 Å². The third-order valence-corrected chi connectivity index (χ3v) is 6.13. The summed E-state index contributed by atoms with van der Waals surface area (Å²) >= 11 is 0. The number of rotatable bonds is 5. The lowest BCUT2D eigenvalue weighted by Crippen LogP contribution is -2.14. The van der Waals surface area contributed by atoms with E-state index in [2.05, 4.69) is 60.8 Å². The van der Waals surface area contributed by atoms with E-state index in [1.165, 1.54) is 80.9 Å². The van der Waals surface area contributed by atoms with Crippen LogP contribution in [0.25, 0.3) is 0 Å². The Balaban J connectivity index is 1.54. The quantitative estimate of drug-likeness (QED) is 0.528. The Bertz CT molecular complexity index is 777. The van der Waals surface area contributed by atoms with Gasteiger partial charge in [0.05, 0.1) is 11.8 Å². The monoisotopic (exact) mass is 372 g/mol. The summed E-state index contributed by atoms with van der Waals surface area (Å²) in [7, 11) is 0. The predicted octanol–water partition coefficient (Wildman–Crippen LogP) is 6.61. The minimum Gasteiger partial charge on any atom is -0.289 e. The van der Waals surface area contributed by atoms with Crippen LogP contribution >= 0.6 is 0 Å². The van der Waals surface area contributed by atoms with Gasteiger partial charge in [0.1, 0.15) is 0 Å². The first kappa shape index (κ1) is 19.1. The molecular formula is C26H32N2. The highest BCUT2D eigenvalue weighted by molar-refractivity contribution is 6.13. The summed E-state index contributed by atoms with van der Waals surface area (Å²) in [4.78, 5) is 10.0. The molecule has 0 spiro atoms. The van der Waals surface area contributed by atoms with Crippen molar-refractivity contribution < 1.29 is 0 Å². The number of benzene rings is 2. The zero-order valence-electron chi connectivity index (χ0n) is 16.9. The van der Waals surface area contributed by atoms with E-state index < -0.39 is 0 Å². The molecule has 0 aliphatic heterocycles. The van der Waals surface area contributed by atoms with E-state index in [9.17, 15) is 0 Å². The highest BCUT2D eigenvalue weighted by Gasteiger charge is 2.15. The zero-order chi connectivity index (χ0) is 19.0. The molecule has 146 valence electrons. The van der Waals surface area contributed by atoms with Crippen LogP contribution in [-0.2, 0) is 0 Å². The van der Waals surface area contributed by atoms with Crippen LogP contribution < -0.4 is 0 Å². The van der Waals surface area contributed by atoms with Gasteiger partial charge < -0.3 is 0 Å². The Morgan fingerprint density at radius 1 is 0.643 bits per heavy atom. The van der Waals surface area contributed by atoms with Gasteiger partial charge in [0.2, 0.25) is 0 Å². The number of hydrogen-bond donors (Lipinski definition) is 0. The Labute approximate surface area is 169 Å². The number of nitrogens with zero attached hydrogens (tertiary/aromatic N) is 2. The fourth-order valence-electron chi connectivity index (χ4n) is 4.45. The largest absolute Gasteiger partial charge is 0.289 e. The van der Waals surface area contributed by atoms with E-state index in [-0.39, 0.29) is 0 Å². The average Bonchev–Trinajstić information content (AvgIpc) is 2.78. The standard InChI is InChI=1S/C26H32N2/c1-4-10-22(11-5-1)26(28-25-14-8-3-9-15-25)23-18-16-21(17-19-23)20-27-24-12-6-2-7-13-24/h1,4-5,10-11,16-20,24-25H,2-3,6-9,12-15H2. The maximum Gasteiger partial charge on any atom is 0.0722 e. The summed E-state index contributed by atoms with van der Waals surface area (Å²) < 4.78 is 0. The molecule has 0 saturated heterocycles. The first-order valence-corrected chi connectivity index (χ1v) is 11.2. The average molecular weight is 373 g/mol. The van der Waals surface area contributed by atoms with Gasteiger partial charge in [-0.25, -0.2) is 0 Å². The summed E-state index contributed by atoms with van der Waals surface area (Å²) in [5, 5.41) is 0. The summed E-state index contributed by atoms with van der Waals surface area (Å²) in [6.45, 7) is 0. The smallest absolute Gasteiger partial charge is 0.0722 e. The van der Waals surface area contributed by atoms with Crippen molar-refractivity contribution in [3.8, 4) is 0 Å². The van der Waals surface area contributed by atoms with Crippen molar-refractivity contribution in [1.82, 2.24) is 0 Å². The van der Waals surface area contributed by atoms with Gasteiger partial charge in [-0.05, 0) is 31.2 Å². The highest BCUT2D eigenvalue weighted by Crippen LogP contribution is 2.23. The Kier molecular flexibility index (Phi) is 6.70. The van der Waals surface area contributed by atoms with E-state index >= 15 is 0 Å². The highest BCUT2D eigenvalue weighted by atomic mass is 14.8. The third kappa shape index (κ3) is 5.19. The fourth-order valence-corrected chi connectivity index (χ4v) is 4.45. The van der Waals surface area contributed by atoms with Crippen LogP contribution in [0.15, 0.2) is 64.6 Å². The van der Waals surface area contributed by atoms with Crippen LogP contribution in [0.2, 0.25) is 0 Å². The molecule has 2 aromatic rings. The molecule has 0 amide bonds. The molecule has 2 aliphatic carbocycles. The minimum absolute atomic E-state index is 0.469. The molecule has 2 nitrogen and oxygen atoms in total. The molecule has 0 N–H and O–H groups in total. The van der Waals surface area contributed by atoms with Crippen LogP contribution in [-0.4, -0.2) is 24.0 Å². The van der Waals surface area contributed by atoms with Crippen molar-refractivity contribution in [3.05, 3.63) is 71.3 Å². The number of hydrogen-bond acceptors (Lipinski definition) is 2. The molecular weight excluding hydrogens is 340 g/mol. The van der Waals surface area contributed by atoms with E-state index in [4.69, 9.17) is 9.98 Å². The molecule has 0 heterocycles. The molecule has 2 heteroatoms. The maximum atomic E-state index is 5.21. The fraction of sp³-hybridized carbons (Fsp3) is 0.462. The number of aliphatic imine (C=N–C) groups is 2. The van der Waals surface area contributed by atoms with Crippen LogP contribution in [0.4, 0.5) is 0 Å². The molecule has 2 aromatic carbocycles. The predicted molar refractivity (Wildman–Crippen MR) is 120 cm³/mol. The van der Waals surface area contributed by atoms with Crippen molar-refractivity contribution in [1.29, 1.82) is 0 Å². The van der Waals surface area contributed by atoms with Gasteiger partial charge in [0.25, 0.3) is 0 Å². The first-order chi connectivity index (χ1) is 13.9. The second kappa shape index (κ2) is 9.82. The first-order valence-electron chi connectivity index (χ1n) is 11.2.